The predicted octanol–water partition coefficient (Wildman–Crippen LogP) is 12.1. The third-order valence-electron chi connectivity index (χ3n) is 10.6. The van der Waals surface area contributed by atoms with E-state index in [-0.39, 0.29) is 16.6 Å². The molecule has 0 radical (unpaired) electrons. The van der Waals surface area contributed by atoms with Crippen LogP contribution < -0.4 is 0 Å². The lowest BCUT2D eigenvalue weighted by Crippen LogP contribution is -2.31. The molecule has 1 N–H and O–H groups in total. The maximum atomic E-state index is 11.1. The van der Waals surface area contributed by atoms with Gasteiger partial charge in [-0.05, 0) is 109 Å². The van der Waals surface area contributed by atoms with E-state index in [1.165, 1.54) is 33.4 Å². The Balaban J connectivity index is 1.39. The number of hydrogen-bond donors (Lipinski definition) is 1. The maximum absolute atomic E-state index is 11.1. The van der Waals surface area contributed by atoms with Gasteiger partial charge in [-0.25, -0.2) is 0 Å². The molecule has 0 atom stereocenters. The lowest BCUT2D eigenvalue weighted by molar-refractivity contribution is 0.477. The number of phenols is 1. The van der Waals surface area contributed by atoms with Crippen molar-refractivity contribution in [3.8, 4) is 50.4 Å². The smallest absolute Gasteiger partial charge is 0.123 e. The van der Waals surface area contributed by atoms with Crippen molar-refractivity contribution in [1.82, 2.24) is 9.97 Å². The van der Waals surface area contributed by atoms with Gasteiger partial charge in [-0.3, -0.25) is 9.97 Å². The summed E-state index contributed by atoms with van der Waals surface area (Å²) < 4.78 is 0. The molecule has 0 saturated carbocycles. The summed E-state index contributed by atoms with van der Waals surface area (Å²) in [4.78, 5) is 10.6. The van der Waals surface area contributed by atoms with E-state index in [1.54, 1.807) is 6.07 Å². The molecule has 1 aliphatic rings. The lowest BCUT2D eigenvalue weighted by atomic mass is 9.72. The quantitative estimate of drug-likeness (QED) is 0.197. The Morgan fingerprint density at radius 2 is 0.981 bits per heavy atom. The molecule has 1 aliphatic carbocycles. The average Bonchev–Trinajstić information content (AvgIpc) is 3.45. The normalized spacial score (nSPS) is 13.4. The van der Waals surface area contributed by atoms with Crippen molar-refractivity contribution < 1.29 is 5.11 Å². The predicted molar refractivity (Wildman–Crippen MR) is 215 cm³/mol. The number of nitrogens with zero attached hydrogens (tertiary/aromatic N) is 2. The summed E-state index contributed by atoms with van der Waals surface area (Å²) in [7, 11) is 0. The minimum absolute atomic E-state index is 0.0301. The zero-order valence-electron chi connectivity index (χ0n) is 30.8. The number of aromatic hydroxyl groups is 1. The molecule has 0 amide bonds. The monoisotopic (exact) mass is 676 g/mol. The maximum Gasteiger partial charge on any atom is 0.123 e. The molecule has 0 bridgehead atoms. The van der Waals surface area contributed by atoms with Gasteiger partial charge in [-0.1, -0.05) is 139 Å². The van der Waals surface area contributed by atoms with Crippen molar-refractivity contribution in [2.24, 2.45) is 0 Å². The Kier molecular flexibility index (Phi) is 7.99. The van der Waals surface area contributed by atoms with E-state index in [0.29, 0.717) is 0 Å². The second-order valence-corrected chi connectivity index (χ2v) is 16.1. The van der Waals surface area contributed by atoms with E-state index in [9.17, 15) is 5.11 Å². The van der Waals surface area contributed by atoms with Crippen molar-refractivity contribution in [3.63, 3.8) is 0 Å². The number of rotatable bonds is 5. The Bertz CT molecular complexity index is 2370. The molecule has 256 valence electrons. The van der Waals surface area contributed by atoms with E-state index < -0.39 is 5.41 Å². The first-order chi connectivity index (χ1) is 24.9. The van der Waals surface area contributed by atoms with Crippen LogP contribution in [0.4, 0.5) is 0 Å². The first kappa shape index (κ1) is 33.3. The molecule has 3 nitrogen and oxygen atoms in total. The van der Waals surface area contributed by atoms with Gasteiger partial charge in [-0.2, -0.15) is 0 Å². The molecule has 2 heterocycles. The van der Waals surface area contributed by atoms with Gasteiger partial charge in [0.25, 0.3) is 0 Å². The Hall–Kier alpha value is -5.80. The standard InChI is InChI=1S/C49H44N2O/c1-47(2,3)36-29-33(30-37(31-36)48(4,5)6)32-26-34(38-16-9-12-22-44(38)52)28-35(27-32)43-21-15-24-46(51-43)49(45-23-13-14-25-50-45)41-19-10-7-17-39(41)40-18-8-11-20-42(40)49/h7-31,52H,1-6H3. The van der Waals surface area contributed by atoms with Gasteiger partial charge in [-0.15, -0.1) is 0 Å². The van der Waals surface area contributed by atoms with Crippen molar-refractivity contribution in [3.05, 3.63) is 185 Å². The highest BCUT2D eigenvalue weighted by atomic mass is 16.3. The molecule has 7 aromatic rings. The SMILES string of the molecule is CC(C)(C)c1cc(-c2cc(-c3cccc(C4(c5ccccn5)c5ccccc5-c5ccccc54)n3)cc(-c3ccccc3O)c2)cc(C(C)(C)C)c1. The van der Waals surface area contributed by atoms with Crippen molar-refractivity contribution >= 4 is 0 Å². The highest BCUT2D eigenvalue weighted by Crippen LogP contribution is 2.55. The largest absolute Gasteiger partial charge is 0.507 e. The summed E-state index contributed by atoms with van der Waals surface area (Å²) in [5, 5.41) is 11.1. The molecular weight excluding hydrogens is 633 g/mol. The molecule has 3 heteroatoms. The minimum atomic E-state index is -0.703. The van der Waals surface area contributed by atoms with Gasteiger partial charge in [0.05, 0.1) is 17.1 Å². The molecule has 0 fully saturated rings. The fourth-order valence-electron chi connectivity index (χ4n) is 7.78. The van der Waals surface area contributed by atoms with E-state index in [0.717, 1.165) is 44.9 Å². The van der Waals surface area contributed by atoms with E-state index in [1.807, 2.05) is 30.5 Å². The zero-order valence-corrected chi connectivity index (χ0v) is 30.8. The molecule has 5 aromatic carbocycles. The zero-order chi connectivity index (χ0) is 36.3. The number of benzene rings is 5. The van der Waals surface area contributed by atoms with E-state index >= 15 is 0 Å². The number of hydrogen-bond acceptors (Lipinski definition) is 3. The van der Waals surface area contributed by atoms with E-state index in [2.05, 4.69) is 157 Å². The van der Waals surface area contributed by atoms with Gasteiger partial charge in [0, 0.05) is 17.3 Å². The number of para-hydroxylation sites is 1. The third kappa shape index (κ3) is 5.62. The van der Waals surface area contributed by atoms with Crippen LogP contribution in [-0.4, -0.2) is 15.1 Å². The first-order valence-corrected chi connectivity index (χ1v) is 18.1. The van der Waals surface area contributed by atoms with Gasteiger partial charge in [0.1, 0.15) is 11.2 Å². The Labute approximate surface area is 307 Å². The van der Waals surface area contributed by atoms with Crippen LogP contribution in [0.5, 0.6) is 5.75 Å². The molecule has 0 saturated heterocycles. The van der Waals surface area contributed by atoms with Crippen LogP contribution >= 0.6 is 0 Å². The molecule has 0 aliphatic heterocycles. The van der Waals surface area contributed by atoms with Crippen LogP contribution in [0.15, 0.2) is 152 Å². The average molecular weight is 677 g/mol. The summed E-state index contributed by atoms with van der Waals surface area (Å²) in [5.41, 5.74) is 14.2. The number of phenolic OH excluding ortho intramolecular Hbond substituents is 1. The number of pyridine rings is 2. The van der Waals surface area contributed by atoms with Crippen LogP contribution in [0, 0.1) is 0 Å². The van der Waals surface area contributed by atoms with Crippen molar-refractivity contribution in [2.45, 2.75) is 57.8 Å². The molecule has 0 spiro atoms. The Morgan fingerprint density at radius 3 is 1.58 bits per heavy atom. The Morgan fingerprint density at radius 1 is 0.462 bits per heavy atom. The third-order valence-corrected chi connectivity index (χ3v) is 10.6. The summed E-state index contributed by atoms with van der Waals surface area (Å²) in [6, 6.07) is 51.1. The second-order valence-electron chi connectivity index (χ2n) is 16.1. The highest BCUT2D eigenvalue weighted by molar-refractivity contribution is 5.86. The molecule has 0 unspecified atom stereocenters. The second kappa shape index (κ2) is 12.5. The topological polar surface area (TPSA) is 46.0 Å². The van der Waals surface area contributed by atoms with Crippen molar-refractivity contribution in [1.29, 1.82) is 0 Å². The molecular formula is C49H44N2O. The molecule has 2 aromatic heterocycles. The van der Waals surface area contributed by atoms with Crippen LogP contribution in [0.25, 0.3) is 44.6 Å². The summed E-state index contributed by atoms with van der Waals surface area (Å²) >= 11 is 0. The summed E-state index contributed by atoms with van der Waals surface area (Å²) in [6.45, 7) is 13.6. The highest BCUT2D eigenvalue weighted by Gasteiger charge is 2.48. The molecule has 8 rings (SSSR count). The van der Waals surface area contributed by atoms with Crippen LogP contribution in [0.1, 0.15) is 75.2 Å². The first-order valence-electron chi connectivity index (χ1n) is 18.1. The van der Waals surface area contributed by atoms with Crippen molar-refractivity contribution in [2.75, 3.05) is 0 Å². The van der Waals surface area contributed by atoms with Gasteiger partial charge < -0.3 is 5.11 Å². The van der Waals surface area contributed by atoms with Gasteiger partial charge in [0.15, 0.2) is 0 Å². The van der Waals surface area contributed by atoms with Crippen LogP contribution in [0.2, 0.25) is 0 Å². The number of fused-ring (bicyclic) bond motifs is 3. The van der Waals surface area contributed by atoms with Crippen LogP contribution in [0.3, 0.4) is 0 Å². The number of aromatic nitrogens is 2. The van der Waals surface area contributed by atoms with E-state index in [4.69, 9.17) is 9.97 Å². The summed E-state index contributed by atoms with van der Waals surface area (Å²) in [6.07, 6.45) is 1.88. The fourth-order valence-corrected chi connectivity index (χ4v) is 7.78. The molecule has 52 heavy (non-hydrogen) atoms. The minimum Gasteiger partial charge on any atom is -0.507 e. The van der Waals surface area contributed by atoms with Gasteiger partial charge in [0.2, 0.25) is 0 Å². The van der Waals surface area contributed by atoms with Gasteiger partial charge >= 0.3 is 0 Å². The lowest BCUT2D eigenvalue weighted by Gasteiger charge is -2.31. The summed E-state index contributed by atoms with van der Waals surface area (Å²) in [5.74, 6) is 0.249. The van der Waals surface area contributed by atoms with Crippen LogP contribution in [-0.2, 0) is 16.2 Å². The fraction of sp³-hybridized carbons (Fsp3) is 0.184.